The summed E-state index contributed by atoms with van der Waals surface area (Å²) in [6.07, 6.45) is 0. The molecule has 0 rings (SSSR count). The smallest absolute Gasteiger partial charge is 0.787 e. The van der Waals surface area contributed by atoms with Gasteiger partial charge in [-0.2, -0.15) is 5.26 Å². The van der Waals surface area contributed by atoms with Gasteiger partial charge in [0.1, 0.15) is 5.40 Å². The van der Waals surface area contributed by atoms with Gasteiger partial charge >= 0.3 is 37.7 Å². The van der Waals surface area contributed by atoms with Crippen molar-refractivity contribution < 1.29 is 4.55 Å². The first kappa shape index (κ1) is 9.41. The number of nitrogens with zero attached hydrogens (tertiary/aromatic N) is 1. The third-order valence-corrected chi connectivity index (χ3v) is 0.112. The summed E-state index contributed by atoms with van der Waals surface area (Å²) in [5, 5.41) is 8.57. The first-order valence-electron chi connectivity index (χ1n) is 0.594. The molecule has 0 aromatic rings. The molecule has 0 N–H and O–H groups in total. The van der Waals surface area contributed by atoms with Crippen LogP contribution in [0.25, 0.3) is 0 Å². The molecular weight excluding hydrogens is 114 g/mol. The van der Waals surface area contributed by atoms with Crippen LogP contribution in [0.5, 0.6) is 0 Å². The van der Waals surface area contributed by atoms with Crippen molar-refractivity contribution in [2.24, 2.45) is 0 Å². The van der Waals surface area contributed by atoms with Crippen molar-refractivity contribution in [2.75, 3.05) is 0 Å². The third kappa shape index (κ3) is 11.2. The zero-order valence-corrected chi connectivity index (χ0v) is 5.50. The summed E-state index contributed by atoms with van der Waals surface area (Å²) >= 11 is -0.0880. The molecular formula is CCaNOS+. The van der Waals surface area contributed by atoms with Gasteiger partial charge in [-0.25, -0.2) is 0 Å². The molecule has 0 amide bonds. The molecule has 0 atom stereocenters. The van der Waals surface area contributed by atoms with Crippen LogP contribution in [0.1, 0.15) is 0 Å². The average molecular weight is 114 g/mol. The average Bonchev–Trinajstić information content (AvgIpc) is 1.37. The largest absolute Gasteiger partial charge is 2.00 e. The van der Waals surface area contributed by atoms with Crippen LogP contribution in [-0.4, -0.2) is 42.3 Å². The van der Waals surface area contributed by atoms with Gasteiger partial charge in [0.15, 0.2) is 0 Å². The summed E-state index contributed by atoms with van der Waals surface area (Å²) in [5.74, 6) is 0. The molecule has 0 aliphatic rings. The van der Waals surface area contributed by atoms with Gasteiger partial charge in [0, 0.05) is 0 Å². The molecule has 0 heterocycles. The van der Waals surface area contributed by atoms with E-state index in [0.717, 1.165) is 0 Å². The predicted octanol–water partition coefficient (Wildman–Crippen LogP) is -0.0497. The second kappa shape index (κ2) is 8.91. The topological polar surface area (TPSA) is 46.8 Å². The van der Waals surface area contributed by atoms with E-state index in [1.54, 1.807) is 0 Å². The summed E-state index contributed by atoms with van der Waals surface area (Å²) in [5.41, 5.74) is 0. The molecule has 2 nitrogen and oxygen atoms in total. The first-order valence-corrected chi connectivity index (χ1v) is 1.34. The van der Waals surface area contributed by atoms with Gasteiger partial charge in [0.2, 0.25) is 0 Å². The Morgan fingerprint density at radius 2 is 2.00 bits per heavy atom. The van der Waals surface area contributed by atoms with Gasteiger partial charge in [0.25, 0.3) is 0 Å². The van der Waals surface area contributed by atoms with Gasteiger partial charge in [-0.3, -0.25) is 0 Å². The van der Waals surface area contributed by atoms with Gasteiger partial charge < -0.3 is 4.55 Å². The Morgan fingerprint density at radius 1 is 1.80 bits per heavy atom. The standard InChI is InChI=1S/CHNOS.Ca/c2-1-4-3;/h3H;/q;+2/p-1. The number of thiocyanates is 1. The van der Waals surface area contributed by atoms with Crippen molar-refractivity contribution in [1.82, 2.24) is 0 Å². The first-order chi connectivity index (χ1) is 1.91. The molecule has 5 heavy (non-hydrogen) atoms. The third-order valence-electron chi connectivity index (χ3n) is 0.0373. The molecule has 0 bridgehead atoms. The number of hydrogen-bond donors (Lipinski definition) is 0. The Balaban J connectivity index is 0. The fraction of sp³-hybridized carbons (Fsp3) is 0. The minimum atomic E-state index is -0.0880. The summed E-state index contributed by atoms with van der Waals surface area (Å²) < 4.78 is 8.85. The van der Waals surface area contributed by atoms with Crippen LogP contribution in [0.4, 0.5) is 0 Å². The second-order valence-corrected chi connectivity index (χ2v) is 0.524. The minimum absolute atomic E-state index is 0. The van der Waals surface area contributed by atoms with E-state index < -0.39 is 0 Å². The second-order valence-electron chi connectivity index (χ2n) is 0.175. The molecule has 0 unspecified atom stereocenters. The van der Waals surface area contributed by atoms with Crippen molar-refractivity contribution in [1.29, 1.82) is 5.26 Å². The van der Waals surface area contributed by atoms with E-state index in [1.807, 2.05) is 0 Å². The Bertz CT molecular complexity index is 41.4. The van der Waals surface area contributed by atoms with E-state index in [1.165, 1.54) is 5.40 Å². The molecule has 0 saturated carbocycles. The Morgan fingerprint density at radius 3 is 2.00 bits per heavy atom. The molecule has 0 aromatic heterocycles. The Hall–Kier alpha value is 1.06. The zero-order chi connectivity index (χ0) is 3.41. The molecule has 4 heteroatoms. The van der Waals surface area contributed by atoms with Crippen LogP contribution in [0.2, 0.25) is 0 Å². The zero-order valence-electron chi connectivity index (χ0n) is 2.47. The number of hydrogen-bond acceptors (Lipinski definition) is 3. The minimum Gasteiger partial charge on any atom is -0.787 e. The Labute approximate surface area is 64.4 Å². The maximum Gasteiger partial charge on any atom is 2.00 e. The molecule has 0 aromatic carbocycles. The molecule has 0 fully saturated rings. The van der Waals surface area contributed by atoms with Crippen LogP contribution in [0.15, 0.2) is 0 Å². The van der Waals surface area contributed by atoms with Crippen LogP contribution in [0, 0.1) is 10.7 Å². The summed E-state index contributed by atoms with van der Waals surface area (Å²) in [4.78, 5) is 0. The molecule has 22 valence electrons. The van der Waals surface area contributed by atoms with Crippen LogP contribution >= 0.6 is 12.0 Å². The number of nitriles is 1. The van der Waals surface area contributed by atoms with Crippen molar-refractivity contribution >= 4 is 49.8 Å². The fourth-order valence-corrected chi connectivity index (χ4v) is 0. The predicted molar refractivity (Wildman–Crippen MR) is 19.7 cm³/mol. The van der Waals surface area contributed by atoms with Crippen molar-refractivity contribution in [2.45, 2.75) is 0 Å². The van der Waals surface area contributed by atoms with Crippen molar-refractivity contribution in [3.05, 3.63) is 0 Å². The van der Waals surface area contributed by atoms with E-state index in [0.29, 0.717) is 0 Å². The van der Waals surface area contributed by atoms with Gasteiger partial charge in [-0.15, -0.1) is 12.0 Å². The summed E-state index contributed by atoms with van der Waals surface area (Å²) in [7, 11) is 0. The van der Waals surface area contributed by atoms with Crippen molar-refractivity contribution in [3.8, 4) is 5.40 Å². The van der Waals surface area contributed by atoms with Crippen LogP contribution < -0.4 is 0 Å². The van der Waals surface area contributed by atoms with Crippen LogP contribution in [0.3, 0.4) is 0 Å². The quantitative estimate of drug-likeness (QED) is 0.252. The molecule has 0 spiro atoms. The molecule has 0 aliphatic carbocycles. The summed E-state index contributed by atoms with van der Waals surface area (Å²) in [6.45, 7) is 0. The normalized spacial score (nSPS) is 4.00. The van der Waals surface area contributed by atoms with Crippen molar-refractivity contribution in [3.63, 3.8) is 0 Å². The van der Waals surface area contributed by atoms with E-state index >= 15 is 0 Å². The molecule has 0 saturated heterocycles. The van der Waals surface area contributed by atoms with Gasteiger partial charge in [-0.1, -0.05) is 0 Å². The summed E-state index contributed by atoms with van der Waals surface area (Å²) in [6, 6.07) is 0. The monoisotopic (exact) mass is 114 g/mol. The molecule has 0 radical (unpaired) electrons. The Kier molecular flexibility index (Phi) is 16.8. The van der Waals surface area contributed by atoms with E-state index in [-0.39, 0.29) is 49.8 Å². The number of rotatable bonds is 0. The van der Waals surface area contributed by atoms with Gasteiger partial charge in [-0.05, 0) is 0 Å². The SMILES string of the molecule is N#CS[O-].[Ca+2]. The maximum atomic E-state index is 8.85. The van der Waals surface area contributed by atoms with E-state index in [2.05, 4.69) is 0 Å². The van der Waals surface area contributed by atoms with Crippen LogP contribution in [-0.2, 0) is 0 Å². The maximum absolute atomic E-state index is 8.85. The molecule has 0 aliphatic heterocycles. The van der Waals surface area contributed by atoms with E-state index in [4.69, 9.17) is 9.81 Å². The van der Waals surface area contributed by atoms with Gasteiger partial charge in [0.05, 0.1) is 0 Å². The fourth-order valence-electron chi connectivity index (χ4n) is 0. The van der Waals surface area contributed by atoms with E-state index in [9.17, 15) is 0 Å².